The quantitative estimate of drug-likeness (QED) is 0.441. The summed E-state index contributed by atoms with van der Waals surface area (Å²) < 4.78 is 12.0. The van der Waals surface area contributed by atoms with Crippen LogP contribution in [0, 0.1) is 6.92 Å². The molecule has 0 saturated heterocycles. The molecule has 0 atom stereocenters. The number of ether oxygens (including phenoxy) is 1. The van der Waals surface area contributed by atoms with Crippen LogP contribution in [0.1, 0.15) is 16.1 Å². The van der Waals surface area contributed by atoms with E-state index in [0.717, 1.165) is 21.2 Å². The first-order valence-electron chi connectivity index (χ1n) is 9.76. The second kappa shape index (κ2) is 7.69. The maximum Gasteiger partial charge on any atom is 0.343 e. The number of carbonyl (C=O) groups is 2. The summed E-state index contributed by atoms with van der Waals surface area (Å²) in [6.45, 7) is 1.05. The van der Waals surface area contributed by atoms with Crippen LogP contribution in [-0.4, -0.2) is 28.0 Å². The van der Waals surface area contributed by atoms with Crippen LogP contribution in [0.2, 0.25) is 0 Å². The van der Waals surface area contributed by atoms with Crippen molar-refractivity contribution in [1.29, 1.82) is 0 Å². The molecule has 0 aliphatic carbocycles. The average Bonchev–Trinajstić information content (AvgIpc) is 3.14. The minimum atomic E-state index is -0.812. The molecule has 0 saturated carbocycles. The number of fused-ring (bicyclic) bond motifs is 3. The molecule has 1 aliphatic rings. The van der Waals surface area contributed by atoms with Gasteiger partial charge in [0.1, 0.15) is 23.0 Å². The van der Waals surface area contributed by atoms with E-state index in [1.807, 2.05) is 48.5 Å². The second-order valence-corrected chi connectivity index (χ2v) is 8.30. The molecule has 0 N–H and O–H groups in total. The van der Waals surface area contributed by atoms with Gasteiger partial charge in [-0.2, -0.15) is 0 Å². The number of aryl methyl sites for hydroxylation is 2. The molecule has 1 aliphatic heterocycles. The average molecular weight is 447 g/mol. The largest absolute Gasteiger partial charge is 0.452 e. The Morgan fingerprint density at radius 1 is 1.06 bits per heavy atom. The predicted molar refractivity (Wildman–Crippen MR) is 118 cm³/mol. The highest BCUT2D eigenvalue weighted by Gasteiger charge is 2.30. The van der Waals surface area contributed by atoms with E-state index in [1.165, 1.54) is 17.9 Å². The molecule has 9 heteroatoms. The third kappa shape index (κ3) is 3.18. The molecular weight excluding hydrogens is 430 g/mol. The Hall–Kier alpha value is -3.85. The first kappa shape index (κ1) is 20.1. The van der Waals surface area contributed by atoms with Gasteiger partial charge in [-0.25, -0.2) is 9.78 Å². The van der Waals surface area contributed by atoms with Crippen LogP contribution in [0.5, 0.6) is 0 Å². The van der Waals surface area contributed by atoms with Crippen LogP contribution in [0.4, 0.5) is 11.4 Å². The van der Waals surface area contributed by atoms with Crippen LogP contribution < -0.4 is 10.5 Å². The highest BCUT2D eigenvalue weighted by atomic mass is 32.2. The number of amides is 1. The fraction of sp³-hybridized carbons (Fsp3) is 0.130. The number of aromatic nitrogens is 2. The van der Waals surface area contributed by atoms with Crippen molar-refractivity contribution >= 4 is 46.1 Å². The van der Waals surface area contributed by atoms with Crippen LogP contribution in [0.3, 0.4) is 0 Å². The normalized spacial score (nSPS) is 12.4. The second-order valence-electron chi connectivity index (χ2n) is 7.22. The lowest BCUT2D eigenvalue weighted by Crippen LogP contribution is -2.32. The molecule has 0 radical (unpaired) electrons. The minimum absolute atomic E-state index is 0.0171. The predicted octanol–water partition coefficient (Wildman–Crippen LogP) is 3.82. The molecule has 0 fully saturated rings. The molecule has 0 spiro atoms. The molecule has 4 aromatic rings. The van der Waals surface area contributed by atoms with Crippen molar-refractivity contribution in [2.24, 2.45) is 7.05 Å². The lowest BCUT2D eigenvalue weighted by atomic mass is 10.2. The molecule has 160 valence electrons. The van der Waals surface area contributed by atoms with Gasteiger partial charge in [0.15, 0.2) is 6.61 Å². The Kier molecular flexibility index (Phi) is 4.82. The standard InChI is InChI=1S/C23H17N3O5S/c1-13-19(20-21(31-13)24-12-25(2)22(20)28)23(29)30-11-18(27)26-14-7-3-5-9-16(14)32-17-10-6-4-8-15(17)26/h3-10,12H,11H2,1-2H3. The lowest BCUT2D eigenvalue weighted by molar-refractivity contribution is -0.121. The number of nitrogens with zero attached hydrogens (tertiary/aromatic N) is 3. The summed E-state index contributed by atoms with van der Waals surface area (Å²) in [5, 5.41) is 0.0370. The molecule has 3 heterocycles. The summed E-state index contributed by atoms with van der Waals surface area (Å²) >= 11 is 1.57. The van der Waals surface area contributed by atoms with Gasteiger partial charge in [0.05, 0.1) is 11.4 Å². The fourth-order valence-electron chi connectivity index (χ4n) is 3.67. The number of anilines is 2. The van der Waals surface area contributed by atoms with E-state index < -0.39 is 24.0 Å². The number of esters is 1. The van der Waals surface area contributed by atoms with E-state index in [4.69, 9.17) is 9.15 Å². The molecule has 32 heavy (non-hydrogen) atoms. The molecule has 0 unspecified atom stereocenters. The van der Waals surface area contributed by atoms with Crippen molar-refractivity contribution in [2.75, 3.05) is 11.5 Å². The molecule has 0 bridgehead atoms. The van der Waals surface area contributed by atoms with Crippen LogP contribution in [0.15, 0.2) is 73.9 Å². The van der Waals surface area contributed by atoms with Gasteiger partial charge in [-0.05, 0) is 31.2 Å². The van der Waals surface area contributed by atoms with Gasteiger partial charge in [0, 0.05) is 16.8 Å². The van der Waals surface area contributed by atoms with E-state index >= 15 is 0 Å². The van der Waals surface area contributed by atoms with Crippen molar-refractivity contribution in [3.05, 3.63) is 76.5 Å². The third-order valence-electron chi connectivity index (χ3n) is 5.16. The van der Waals surface area contributed by atoms with Gasteiger partial charge in [-0.1, -0.05) is 36.0 Å². The van der Waals surface area contributed by atoms with Gasteiger partial charge in [0.25, 0.3) is 11.5 Å². The zero-order chi connectivity index (χ0) is 22.4. The van der Waals surface area contributed by atoms with Crippen molar-refractivity contribution in [3.8, 4) is 0 Å². The first-order chi connectivity index (χ1) is 15.5. The molecular formula is C23H17N3O5S. The van der Waals surface area contributed by atoms with E-state index in [1.54, 1.807) is 23.6 Å². The topological polar surface area (TPSA) is 94.6 Å². The lowest BCUT2D eigenvalue weighted by Gasteiger charge is -2.30. The molecule has 8 nitrogen and oxygen atoms in total. The van der Waals surface area contributed by atoms with Gasteiger partial charge in [-0.15, -0.1) is 0 Å². The number of para-hydroxylation sites is 2. The summed E-state index contributed by atoms with van der Waals surface area (Å²) in [5.74, 6) is -1.01. The molecule has 1 amide bonds. The Bertz CT molecular complexity index is 1410. The maximum absolute atomic E-state index is 13.2. The number of hydrogen-bond acceptors (Lipinski definition) is 7. The van der Waals surface area contributed by atoms with Crippen molar-refractivity contribution in [2.45, 2.75) is 16.7 Å². The monoisotopic (exact) mass is 447 g/mol. The maximum atomic E-state index is 13.2. The summed E-state index contributed by atoms with van der Waals surface area (Å²) in [4.78, 5) is 46.0. The van der Waals surface area contributed by atoms with Crippen molar-refractivity contribution in [1.82, 2.24) is 9.55 Å². The smallest absolute Gasteiger partial charge is 0.343 e. The molecule has 2 aromatic carbocycles. The van der Waals surface area contributed by atoms with E-state index in [9.17, 15) is 14.4 Å². The number of hydrogen-bond donors (Lipinski definition) is 0. The molecule has 5 rings (SSSR count). The number of furan rings is 1. The summed E-state index contributed by atoms with van der Waals surface area (Å²) in [5.41, 5.74) is 1.05. The Morgan fingerprint density at radius 3 is 2.34 bits per heavy atom. The number of rotatable bonds is 3. The van der Waals surface area contributed by atoms with Crippen LogP contribution in [0.25, 0.3) is 11.1 Å². The highest BCUT2D eigenvalue weighted by molar-refractivity contribution is 7.99. The van der Waals surface area contributed by atoms with Crippen molar-refractivity contribution in [3.63, 3.8) is 0 Å². The fourth-order valence-corrected chi connectivity index (χ4v) is 4.73. The SMILES string of the molecule is Cc1oc2ncn(C)c(=O)c2c1C(=O)OCC(=O)N1c2ccccc2Sc2ccccc21. The number of benzene rings is 2. The van der Waals surface area contributed by atoms with Crippen molar-refractivity contribution < 1.29 is 18.7 Å². The summed E-state index contributed by atoms with van der Waals surface area (Å²) in [7, 11) is 1.53. The van der Waals surface area contributed by atoms with Crippen LogP contribution >= 0.6 is 11.8 Å². The summed E-state index contributed by atoms with van der Waals surface area (Å²) in [6, 6.07) is 15.1. The van der Waals surface area contributed by atoms with Gasteiger partial charge in [-0.3, -0.25) is 14.5 Å². The van der Waals surface area contributed by atoms with Crippen LogP contribution in [-0.2, 0) is 16.6 Å². The highest BCUT2D eigenvalue weighted by Crippen LogP contribution is 2.47. The zero-order valence-corrected chi connectivity index (χ0v) is 18.0. The van der Waals surface area contributed by atoms with E-state index in [-0.39, 0.29) is 22.4 Å². The third-order valence-corrected chi connectivity index (χ3v) is 6.29. The first-order valence-corrected chi connectivity index (χ1v) is 10.6. The van der Waals surface area contributed by atoms with E-state index in [2.05, 4.69) is 4.98 Å². The van der Waals surface area contributed by atoms with Gasteiger partial charge in [0.2, 0.25) is 5.71 Å². The Morgan fingerprint density at radius 2 is 1.69 bits per heavy atom. The summed E-state index contributed by atoms with van der Waals surface area (Å²) in [6.07, 6.45) is 1.31. The number of carbonyl (C=O) groups excluding carboxylic acids is 2. The van der Waals surface area contributed by atoms with Gasteiger partial charge >= 0.3 is 5.97 Å². The molecule has 2 aromatic heterocycles. The Labute approximate surface area is 186 Å². The van der Waals surface area contributed by atoms with Gasteiger partial charge < -0.3 is 13.7 Å². The zero-order valence-electron chi connectivity index (χ0n) is 17.2. The minimum Gasteiger partial charge on any atom is -0.452 e. The Balaban J connectivity index is 1.45. The van der Waals surface area contributed by atoms with E-state index in [0.29, 0.717) is 0 Å².